The maximum atomic E-state index is 2.73. The Balaban J connectivity index is 1.76. The van der Waals surface area contributed by atoms with Crippen molar-refractivity contribution in [2.24, 2.45) is 5.92 Å². The molecule has 0 saturated carbocycles. The third-order valence-electron chi connectivity index (χ3n) is 6.33. The minimum absolute atomic E-state index is 0.211. The topological polar surface area (TPSA) is 3.24 Å². The van der Waals surface area contributed by atoms with Gasteiger partial charge in [-0.05, 0) is 84.4 Å². The lowest BCUT2D eigenvalue weighted by Crippen LogP contribution is -2.54. The highest BCUT2D eigenvalue weighted by Crippen LogP contribution is 2.47. The van der Waals surface area contributed by atoms with E-state index in [1.165, 1.54) is 59.5 Å². The first-order valence-electron chi connectivity index (χ1n) is 8.91. The second-order valence-electron chi connectivity index (χ2n) is 7.63. The Bertz CT molecular complexity index is 889. The molecule has 1 nitrogen and oxygen atoms in total. The molecule has 0 radical (unpaired) electrons. The van der Waals surface area contributed by atoms with Crippen LogP contribution in [0.4, 0.5) is 0 Å². The van der Waals surface area contributed by atoms with Gasteiger partial charge in [0.25, 0.3) is 0 Å². The molecule has 23 heavy (non-hydrogen) atoms. The van der Waals surface area contributed by atoms with Crippen LogP contribution in [0.5, 0.6) is 0 Å². The molecule has 3 aliphatic heterocycles. The molecule has 3 fully saturated rings. The van der Waals surface area contributed by atoms with Crippen LogP contribution < -0.4 is 0 Å². The third kappa shape index (κ3) is 1.96. The normalized spacial score (nSPS) is 30.1. The second-order valence-corrected chi connectivity index (χ2v) is 7.63. The van der Waals surface area contributed by atoms with Crippen molar-refractivity contribution in [2.75, 3.05) is 13.1 Å². The summed E-state index contributed by atoms with van der Waals surface area (Å²) in [6.07, 6.45) is 4.10. The van der Waals surface area contributed by atoms with Gasteiger partial charge in [0.15, 0.2) is 0 Å². The number of rotatable bonds is 1. The van der Waals surface area contributed by atoms with Crippen LogP contribution in [0.1, 0.15) is 31.7 Å². The summed E-state index contributed by atoms with van der Waals surface area (Å²) in [5.74, 6) is 0.917. The Kier molecular flexibility index (Phi) is 2.84. The molecule has 3 aliphatic rings. The van der Waals surface area contributed by atoms with E-state index in [4.69, 9.17) is 0 Å². The van der Waals surface area contributed by atoms with E-state index < -0.39 is 0 Å². The molecule has 116 valence electrons. The van der Waals surface area contributed by atoms with Gasteiger partial charge in [0.05, 0.1) is 0 Å². The number of hydrogen-bond donors (Lipinski definition) is 0. The standard InChI is InChI=1S/C22H23N/c1-22(15-16-9-11-23(22)12-10-16)21-8-4-7-19-13-17-5-2-3-6-18(17)14-20(19)21/h2-8,13-14,16H,9-12,15H2,1H3. The number of benzene rings is 3. The van der Waals surface area contributed by atoms with Gasteiger partial charge in [0.1, 0.15) is 0 Å². The average Bonchev–Trinajstić information content (AvgIpc) is 2.60. The van der Waals surface area contributed by atoms with Crippen LogP contribution >= 0.6 is 0 Å². The van der Waals surface area contributed by atoms with E-state index in [0.717, 1.165) is 5.92 Å². The monoisotopic (exact) mass is 301 g/mol. The second kappa shape index (κ2) is 4.82. The van der Waals surface area contributed by atoms with Crippen LogP contribution in [0.2, 0.25) is 0 Å². The SMILES string of the molecule is CC1(c2cccc3cc4ccccc4cc23)CC2CCN1CC2. The van der Waals surface area contributed by atoms with Gasteiger partial charge in [-0.15, -0.1) is 0 Å². The highest BCUT2D eigenvalue weighted by molar-refractivity contribution is 6.00. The van der Waals surface area contributed by atoms with Gasteiger partial charge in [-0.1, -0.05) is 42.5 Å². The molecule has 1 heteroatoms. The summed E-state index contributed by atoms with van der Waals surface area (Å²) in [7, 11) is 0. The van der Waals surface area contributed by atoms with E-state index >= 15 is 0 Å². The zero-order valence-corrected chi connectivity index (χ0v) is 13.8. The molecule has 3 aromatic carbocycles. The summed E-state index contributed by atoms with van der Waals surface area (Å²) >= 11 is 0. The predicted octanol–water partition coefficient (Wildman–Crippen LogP) is 5.32. The lowest BCUT2D eigenvalue weighted by Gasteiger charge is -2.53. The molecular formula is C22H23N. The summed E-state index contributed by atoms with van der Waals surface area (Å²) in [5.41, 5.74) is 1.74. The molecule has 0 amide bonds. The first-order chi connectivity index (χ1) is 11.2. The van der Waals surface area contributed by atoms with E-state index in [1.54, 1.807) is 0 Å². The number of nitrogens with zero attached hydrogens (tertiary/aromatic N) is 1. The van der Waals surface area contributed by atoms with Crippen molar-refractivity contribution in [1.82, 2.24) is 4.90 Å². The smallest absolute Gasteiger partial charge is 0.0441 e. The maximum Gasteiger partial charge on any atom is 0.0441 e. The van der Waals surface area contributed by atoms with Crippen LogP contribution in [-0.2, 0) is 5.54 Å². The molecule has 3 saturated heterocycles. The number of hydrogen-bond acceptors (Lipinski definition) is 1. The number of piperidine rings is 3. The molecule has 3 aromatic rings. The van der Waals surface area contributed by atoms with Crippen molar-refractivity contribution in [1.29, 1.82) is 0 Å². The Morgan fingerprint density at radius 2 is 1.57 bits per heavy atom. The van der Waals surface area contributed by atoms with Crippen molar-refractivity contribution >= 4 is 21.5 Å². The third-order valence-corrected chi connectivity index (χ3v) is 6.33. The lowest BCUT2D eigenvalue weighted by molar-refractivity contribution is -0.0205. The predicted molar refractivity (Wildman–Crippen MR) is 97.7 cm³/mol. The van der Waals surface area contributed by atoms with E-state index in [2.05, 4.69) is 66.4 Å². The summed E-state index contributed by atoms with van der Waals surface area (Å²) < 4.78 is 0. The van der Waals surface area contributed by atoms with Gasteiger partial charge in [-0.3, -0.25) is 4.90 Å². The molecule has 1 atom stereocenters. The lowest BCUT2D eigenvalue weighted by atomic mass is 9.71. The van der Waals surface area contributed by atoms with Crippen LogP contribution in [0, 0.1) is 5.92 Å². The fourth-order valence-electron chi connectivity index (χ4n) is 5.04. The van der Waals surface area contributed by atoms with Crippen molar-refractivity contribution < 1.29 is 0 Å². The first kappa shape index (κ1) is 13.6. The molecular weight excluding hydrogens is 278 g/mol. The van der Waals surface area contributed by atoms with Crippen molar-refractivity contribution in [3.8, 4) is 0 Å². The first-order valence-corrected chi connectivity index (χ1v) is 8.91. The highest BCUT2D eigenvalue weighted by atomic mass is 15.2. The molecule has 0 spiro atoms. The quantitative estimate of drug-likeness (QED) is 0.550. The van der Waals surface area contributed by atoms with E-state index in [1.807, 2.05) is 0 Å². The largest absolute Gasteiger partial charge is 0.294 e. The van der Waals surface area contributed by atoms with Crippen molar-refractivity contribution in [2.45, 2.75) is 31.7 Å². The van der Waals surface area contributed by atoms with Crippen LogP contribution in [0.25, 0.3) is 21.5 Å². The molecule has 6 rings (SSSR count). The van der Waals surface area contributed by atoms with Gasteiger partial charge in [0, 0.05) is 5.54 Å². The number of fused-ring (bicyclic) bond motifs is 5. The average molecular weight is 301 g/mol. The Hall–Kier alpha value is -1.86. The van der Waals surface area contributed by atoms with Crippen LogP contribution in [0.3, 0.4) is 0 Å². The van der Waals surface area contributed by atoms with Crippen molar-refractivity contribution in [3.63, 3.8) is 0 Å². The zero-order valence-electron chi connectivity index (χ0n) is 13.8. The van der Waals surface area contributed by atoms with Gasteiger partial charge in [-0.25, -0.2) is 0 Å². The molecule has 0 N–H and O–H groups in total. The molecule has 1 unspecified atom stereocenters. The molecule has 0 aliphatic carbocycles. The highest BCUT2D eigenvalue weighted by Gasteiger charge is 2.43. The van der Waals surface area contributed by atoms with Gasteiger partial charge >= 0.3 is 0 Å². The zero-order chi connectivity index (χ0) is 15.4. The van der Waals surface area contributed by atoms with Gasteiger partial charge < -0.3 is 0 Å². The fraction of sp³-hybridized carbons (Fsp3) is 0.364. The summed E-state index contributed by atoms with van der Waals surface area (Å²) in [4.78, 5) is 2.73. The van der Waals surface area contributed by atoms with Crippen LogP contribution in [0.15, 0.2) is 54.6 Å². The molecule has 0 aromatic heterocycles. The van der Waals surface area contributed by atoms with E-state index in [-0.39, 0.29) is 5.54 Å². The summed E-state index contributed by atoms with van der Waals surface area (Å²) in [6.45, 7) is 5.01. The van der Waals surface area contributed by atoms with Gasteiger partial charge in [0.2, 0.25) is 0 Å². The molecule has 2 bridgehead atoms. The van der Waals surface area contributed by atoms with E-state index in [9.17, 15) is 0 Å². The van der Waals surface area contributed by atoms with Gasteiger partial charge in [-0.2, -0.15) is 0 Å². The fourth-order valence-corrected chi connectivity index (χ4v) is 5.04. The minimum Gasteiger partial charge on any atom is -0.294 e. The Morgan fingerprint density at radius 3 is 2.26 bits per heavy atom. The maximum absolute atomic E-state index is 2.73. The van der Waals surface area contributed by atoms with Crippen molar-refractivity contribution in [3.05, 3.63) is 60.2 Å². The Morgan fingerprint density at radius 1 is 0.870 bits per heavy atom. The Labute approximate surface area is 137 Å². The summed E-state index contributed by atoms with van der Waals surface area (Å²) in [5, 5.41) is 5.52. The molecule has 3 heterocycles. The van der Waals surface area contributed by atoms with E-state index in [0.29, 0.717) is 0 Å². The minimum atomic E-state index is 0.211. The summed E-state index contributed by atoms with van der Waals surface area (Å²) in [6, 6.07) is 20.4. The van der Waals surface area contributed by atoms with Crippen LogP contribution in [-0.4, -0.2) is 18.0 Å².